The summed E-state index contributed by atoms with van der Waals surface area (Å²) in [7, 11) is 1.65. The quantitative estimate of drug-likeness (QED) is 0.696. The number of aromatic nitrogens is 3. The Morgan fingerprint density at radius 2 is 1.97 bits per heavy atom. The van der Waals surface area contributed by atoms with E-state index in [1.165, 1.54) is 11.1 Å². The average molecular weight is 400 g/mol. The summed E-state index contributed by atoms with van der Waals surface area (Å²) in [5.41, 5.74) is 6.12. The maximum Gasteiger partial charge on any atom is 0.226 e. The number of ketones is 1. The van der Waals surface area contributed by atoms with E-state index in [1.807, 2.05) is 35.0 Å². The van der Waals surface area contributed by atoms with Gasteiger partial charge in [0.05, 0.1) is 7.11 Å². The minimum atomic E-state index is -0.313. The number of allylic oxidation sites excluding steroid dienone is 2. The van der Waals surface area contributed by atoms with E-state index in [1.54, 1.807) is 7.11 Å². The lowest BCUT2D eigenvalue weighted by Crippen LogP contribution is -2.31. The summed E-state index contributed by atoms with van der Waals surface area (Å²) in [6.45, 7) is 4.18. The summed E-state index contributed by atoms with van der Waals surface area (Å²) in [4.78, 5) is 17.7. The molecule has 1 aromatic heterocycles. The molecule has 0 amide bonds. The van der Waals surface area contributed by atoms with Gasteiger partial charge in [0.15, 0.2) is 11.6 Å². The van der Waals surface area contributed by atoms with Crippen LogP contribution in [0.5, 0.6) is 5.75 Å². The molecular formula is C24H24N4O2. The van der Waals surface area contributed by atoms with Gasteiger partial charge in [0.2, 0.25) is 5.95 Å². The number of hydrogen-bond acceptors (Lipinski definition) is 5. The fraction of sp³-hybridized carbons (Fsp3) is 0.292. The predicted octanol–water partition coefficient (Wildman–Crippen LogP) is 4.59. The van der Waals surface area contributed by atoms with Gasteiger partial charge in [-0.2, -0.15) is 4.98 Å². The topological polar surface area (TPSA) is 69.0 Å². The minimum absolute atomic E-state index is 0.172. The zero-order valence-electron chi connectivity index (χ0n) is 17.4. The Hall–Kier alpha value is -3.41. The van der Waals surface area contributed by atoms with E-state index in [9.17, 15) is 4.79 Å². The highest BCUT2D eigenvalue weighted by Crippen LogP contribution is 2.41. The molecule has 1 aliphatic carbocycles. The van der Waals surface area contributed by atoms with Crippen molar-refractivity contribution in [1.82, 2.24) is 14.8 Å². The summed E-state index contributed by atoms with van der Waals surface area (Å²) in [5, 5.41) is 8.24. The number of hydrogen-bond donors (Lipinski definition) is 1. The van der Waals surface area contributed by atoms with E-state index < -0.39 is 0 Å². The molecule has 1 atom stereocenters. The molecule has 2 aromatic carbocycles. The molecule has 5 rings (SSSR count). The zero-order chi connectivity index (χ0) is 20.8. The number of Topliss-reactive ketones (excluding diaryl/α,β-unsaturated/α-hetero) is 1. The normalized spacial score (nSPS) is 18.0. The van der Waals surface area contributed by atoms with Crippen molar-refractivity contribution in [3.63, 3.8) is 0 Å². The number of nitrogens with one attached hydrogen (secondary N) is 1. The second-order valence-corrected chi connectivity index (χ2v) is 7.98. The van der Waals surface area contributed by atoms with Crippen LogP contribution < -0.4 is 10.1 Å². The van der Waals surface area contributed by atoms with Gasteiger partial charge in [0.25, 0.3) is 0 Å². The summed E-state index contributed by atoms with van der Waals surface area (Å²) < 4.78 is 7.28. The monoisotopic (exact) mass is 400 g/mol. The van der Waals surface area contributed by atoms with Gasteiger partial charge in [0, 0.05) is 23.3 Å². The molecule has 0 radical (unpaired) electrons. The van der Waals surface area contributed by atoms with Gasteiger partial charge in [0.1, 0.15) is 11.8 Å². The molecule has 0 fully saturated rings. The summed E-state index contributed by atoms with van der Waals surface area (Å²) in [5.74, 6) is 2.25. The molecule has 2 heterocycles. The second-order valence-electron chi connectivity index (χ2n) is 7.98. The highest BCUT2D eigenvalue weighted by atomic mass is 16.5. The van der Waals surface area contributed by atoms with Gasteiger partial charge in [-0.15, -0.1) is 5.10 Å². The van der Waals surface area contributed by atoms with Crippen LogP contribution in [0.4, 0.5) is 5.95 Å². The highest BCUT2D eigenvalue weighted by Gasteiger charge is 2.37. The van der Waals surface area contributed by atoms with E-state index >= 15 is 0 Å². The Balaban J connectivity index is 1.67. The summed E-state index contributed by atoms with van der Waals surface area (Å²) >= 11 is 0. The lowest BCUT2D eigenvalue weighted by atomic mass is 9.85. The van der Waals surface area contributed by atoms with Crippen LogP contribution in [0.2, 0.25) is 0 Å². The van der Waals surface area contributed by atoms with Crippen molar-refractivity contribution in [2.24, 2.45) is 0 Å². The van der Waals surface area contributed by atoms with Crippen LogP contribution in [0.25, 0.3) is 11.4 Å². The first-order valence-electron chi connectivity index (χ1n) is 10.3. The van der Waals surface area contributed by atoms with Gasteiger partial charge < -0.3 is 10.1 Å². The lowest BCUT2D eigenvalue weighted by Gasteiger charge is -2.32. The summed E-state index contributed by atoms with van der Waals surface area (Å²) in [6, 6.07) is 13.8. The van der Waals surface area contributed by atoms with Crippen LogP contribution in [0.1, 0.15) is 42.0 Å². The van der Waals surface area contributed by atoms with E-state index in [2.05, 4.69) is 31.3 Å². The first kappa shape index (κ1) is 18.6. The summed E-state index contributed by atoms with van der Waals surface area (Å²) in [6.07, 6.45) is 2.26. The molecule has 30 heavy (non-hydrogen) atoms. The Kier molecular flexibility index (Phi) is 4.42. The van der Waals surface area contributed by atoms with Crippen LogP contribution >= 0.6 is 0 Å². The number of benzene rings is 2. The number of carbonyl (C=O) groups is 1. The van der Waals surface area contributed by atoms with E-state index in [4.69, 9.17) is 14.8 Å². The number of anilines is 1. The Morgan fingerprint density at radius 3 is 2.77 bits per heavy atom. The Labute approximate surface area is 175 Å². The Bertz CT molecular complexity index is 1190. The first-order chi connectivity index (χ1) is 14.5. The maximum absolute atomic E-state index is 12.9. The van der Waals surface area contributed by atoms with Gasteiger partial charge in [-0.05, 0) is 61.6 Å². The number of nitrogens with zero attached hydrogens (tertiary/aromatic N) is 3. The highest BCUT2D eigenvalue weighted by molar-refractivity contribution is 5.99. The van der Waals surface area contributed by atoms with Crippen LogP contribution in [-0.4, -0.2) is 27.7 Å². The fourth-order valence-electron chi connectivity index (χ4n) is 4.28. The van der Waals surface area contributed by atoms with Crippen molar-refractivity contribution in [3.8, 4) is 17.1 Å². The van der Waals surface area contributed by atoms with Gasteiger partial charge in [-0.1, -0.05) is 24.3 Å². The van der Waals surface area contributed by atoms with Crippen LogP contribution in [-0.2, 0) is 4.79 Å². The third-order valence-corrected chi connectivity index (χ3v) is 6.04. The molecule has 3 aromatic rings. The van der Waals surface area contributed by atoms with Crippen LogP contribution in [0.3, 0.4) is 0 Å². The molecule has 1 N–H and O–H groups in total. The molecule has 1 aliphatic heterocycles. The predicted molar refractivity (Wildman–Crippen MR) is 116 cm³/mol. The third-order valence-electron chi connectivity index (χ3n) is 6.04. The fourth-order valence-corrected chi connectivity index (χ4v) is 4.28. The number of carbonyl (C=O) groups excluding carboxylic acids is 1. The van der Waals surface area contributed by atoms with Gasteiger partial charge in [-0.25, -0.2) is 4.68 Å². The molecule has 152 valence electrons. The number of methoxy groups -OCH3 is 1. The maximum atomic E-state index is 12.9. The van der Waals surface area contributed by atoms with E-state index in [0.29, 0.717) is 18.2 Å². The molecule has 6 nitrogen and oxygen atoms in total. The second kappa shape index (κ2) is 7.13. The molecule has 0 saturated heterocycles. The van der Waals surface area contributed by atoms with E-state index in [-0.39, 0.29) is 11.8 Å². The molecular weight excluding hydrogens is 376 g/mol. The smallest absolute Gasteiger partial charge is 0.226 e. The van der Waals surface area contributed by atoms with Crippen molar-refractivity contribution in [3.05, 3.63) is 70.4 Å². The molecule has 1 unspecified atom stereocenters. The minimum Gasteiger partial charge on any atom is -0.497 e. The van der Waals surface area contributed by atoms with Crippen molar-refractivity contribution < 1.29 is 9.53 Å². The molecule has 0 bridgehead atoms. The van der Waals surface area contributed by atoms with Gasteiger partial charge in [-0.3, -0.25) is 4.79 Å². The molecule has 0 spiro atoms. The van der Waals surface area contributed by atoms with Crippen LogP contribution in [0.15, 0.2) is 53.7 Å². The number of rotatable bonds is 3. The van der Waals surface area contributed by atoms with Crippen molar-refractivity contribution in [2.75, 3.05) is 12.4 Å². The molecule has 2 aliphatic rings. The average Bonchev–Trinajstić information content (AvgIpc) is 3.18. The number of aryl methyl sites for hydroxylation is 2. The van der Waals surface area contributed by atoms with Gasteiger partial charge >= 0.3 is 0 Å². The Morgan fingerprint density at radius 1 is 1.10 bits per heavy atom. The standard InChI is InChI=1S/C24H24N4O2/c1-14-10-11-17(12-15(14)2)23-26-24-25-19-8-5-9-20(29)21(19)22(28(24)27-23)16-6-4-7-18(13-16)30-3/h4,6-7,10-13,22H,5,8-9H2,1-3H3,(H,25,26,27). The third kappa shape index (κ3) is 3.00. The zero-order valence-corrected chi connectivity index (χ0v) is 17.4. The number of fused-ring (bicyclic) bond motifs is 1. The lowest BCUT2D eigenvalue weighted by molar-refractivity contribution is -0.116. The van der Waals surface area contributed by atoms with Crippen molar-refractivity contribution in [1.29, 1.82) is 0 Å². The molecule has 0 saturated carbocycles. The van der Waals surface area contributed by atoms with Crippen molar-refractivity contribution >= 4 is 11.7 Å². The first-order valence-corrected chi connectivity index (χ1v) is 10.3. The van der Waals surface area contributed by atoms with Crippen LogP contribution in [0, 0.1) is 13.8 Å². The number of ether oxygens (including phenoxy) is 1. The van der Waals surface area contributed by atoms with Crippen molar-refractivity contribution in [2.45, 2.75) is 39.2 Å². The molecule has 6 heteroatoms. The largest absolute Gasteiger partial charge is 0.497 e. The van der Waals surface area contributed by atoms with E-state index in [0.717, 1.165) is 41.0 Å². The SMILES string of the molecule is COc1cccc(C2C3=C(CCCC3=O)Nc3nc(-c4ccc(C)c(C)c4)nn32)c1.